The van der Waals surface area contributed by atoms with Crippen LogP contribution < -0.4 is 14.8 Å². The van der Waals surface area contributed by atoms with Crippen molar-refractivity contribution in [2.75, 3.05) is 6.79 Å². The molecule has 0 saturated heterocycles. The second-order valence-corrected chi connectivity index (χ2v) is 5.64. The lowest BCUT2D eigenvalue weighted by Gasteiger charge is -2.14. The molecule has 1 aromatic rings. The van der Waals surface area contributed by atoms with Gasteiger partial charge in [-0.2, -0.15) is 0 Å². The maximum absolute atomic E-state index is 5.53. The van der Waals surface area contributed by atoms with Crippen LogP contribution in [0, 0.1) is 0 Å². The Labute approximate surface area is 122 Å². The molecule has 0 bridgehead atoms. The van der Waals surface area contributed by atoms with Gasteiger partial charge in [0.15, 0.2) is 11.5 Å². The summed E-state index contributed by atoms with van der Waals surface area (Å²) in [4.78, 5) is 0. The maximum Gasteiger partial charge on any atom is 0.231 e. The van der Waals surface area contributed by atoms with Crippen LogP contribution in [0.1, 0.15) is 57.9 Å². The van der Waals surface area contributed by atoms with Crippen molar-refractivity contribution in [3.8, 4) is 11.5 Å². The SMILES string of the molecule is CCCCCCCC(C)NCc1cccc2c1OCO2. The van der Waals surface area contributed by atoms with Crippen LogP contribution in [-0.2, 0) is 6.54 Å². The summed E-state index contributed by atoms with van der Waals surface area (Å²) in [7, 11) is 0. The summed E-state index contributed by atoms with van der Waals surface area (Å²) >= 11 is 0. The highest BCUT2D eigenvalue weighted by molar-refractivity contribution is 5.48. The highest BCUT2D eigenvalue weighted by Crippen LogP contribution is 2.35. The van der Waals surface area contributed by atoms with Gasteiger partial charge < -0.3 is 14.8 Å². The Bertz CT molecular complexity index is 406. The smallest absolute Gasteiger partial charge is 0.231 e. The van der Waals surface area contributed by atoms with E-state index < -0.39 is 0 Å². The second-order valence-electron chi connectivity index (χ2n) is 5.64. The molecule has 1 N–H and O–H groups in total. The summed E-state index contributed by atoms with van der Waals surface area (Å²) in [6.07, 6.45) is 7.99. The maximum atomic E-state index is 5.53. The quantitative estimate of drug-likeness (QED) is 0.684. The predicted octanol–water partition coefficient (Wildman–Crippen LogP) is 4.25. The first-order chi connectivity index (χ1) is 9.81. The number of hydrogen-bond donors (Lipinski definition) is 1. The van der Waals surface area contributed by atoms with Gasteiger partial charge in [0, 0.05) is 18.2 Å². The largest absolute Gasteiger partial charge is 0.454 e. The minimum absolute atomic E-state index is 0.347. The van der Waals surface area contributed by atoms with Crippen molar-refractivity contribution in [1.29, 1.82) is 0 Å². The molecule has 112 valence electrons. The molecule has 2 rings (SSSR count). The van der Waals surface area contributed by atoms with Crippen LogP contribution in [0.15, 0.2) is 18.2 Å². The summed E-state index contributed by atoms with van der Waals surface area (Å²) < 4.78 is 10.9. The van der Waals surface area contributed by atoms with Crippen LogP contribution in [-0.4, -0.2) is 12.8 Å². The molecule has 0 saturated carbocycles. The number of rotatable bonds is 9. The summed E-state index contributed by atoms with van der Waals surface area (Å²) in [5.41, 5.74) is 1.19. The van der Waals surface area contributed by atoms with Gasteiger partial charge in [0.2, 0.25) is 6.79 Å². The fourth-order valence-corrected chi connectivity index (χ4v) is 2.57. The first kappa shape index (κ1) is 15.2. The van der Waals surface area contributed by atoms with Crippen LogP contribution in [0.5, 0.6) is 11.5 Å². The van der Waals surface area contributed by atoms with Crippen LogP contribution in [0.3, 0.4) is 0 Å². The number of fused-ring (bicyclic) bond motifs is 1. The molecule has 0 aliphatic carbocycles. The molecule has 0 radical (unpaired) electrons. The Morgan fingerprint density at radius 2 is 2.00 bits per heavy atom. The Balaban J connectivity index is 1.68. The third-order valence-corrected chi connectivity index (χ3v) is 3.86. The second kappa shape index (κ2) is 8.15. The molecule has 20 heavy (non-hydrogen) atoms. The van der Waals surface area contributed by atoms with Gasteiger partial charge in [-0.05, 0) is 19.4 Å². The van der Waals surface area contributed by atoms with Crippen molar-refractivity contribution >= 4 is 0 Å². The molecule has 3 nitrogen and oxygen atoms in total. The third-order valence-electron chi connectivity index (χ3n) is 3.86. The Kier molecular flexibility index (Phi) is 6.19. The van der Waals surface area contributed by atoms with E-state index in [2.05, 4.69) is 25.2 Å². The number of benzene rings is 1. The Morgan fingerprint density at radius 1 is 1.15 bits per heavy atom. The molecule has 0 aromatic heterocycles. The van der Waals surface area contributed by atoms with Gasteiger partial charge in [0.25, 0.3) is 0 Å². The van der Waals surface area contributed by atoms with E-state index in [1.54, 1.807) is 0 Å². The van der Waals surface area contributed by atoms with Gasteiger partial charge in [-0.15, -0.1) is 0 Å². The number of ether oxygens (including phenoxy) is 2. The van der Waals surface area contributed by atoms with E-state index in [1.165, 1.54) is 44.1 Å². The van der Waals surface area contributed by atoms with Crippen LogP contribution in [0.25, 0.3) is 0 Å². The molecule has 1 unspecified atom stereocenters. The van der Waals surface area contributed by atoms with Crippen LogP contribution in [0.2, 0.25) is 0 Å². The van der Waals surface area contributed by atoms with Crippen LogP contribution >= 0.6 is 0 Å². The van der Waals surface area contributed by atoms with Crippen molar-refractivity contribution in [3.63, 3.8) is 0 Å². The average Bonchev–Trinajstić information content (AvgIpc) is 2.94. The van der Waals surface area contributed by atoms with Gasteiger partial charge in [0.1, 0.15) is 0 Å². The van der Waals surface area contributed by atoms with Crippen molar-refractivity contribution in [1.82, 2.24) is 5.32 Å². The Hall–Kier alpha value is -1.22. The third kappa shape index (κ3) is 4.41. The molecule has 1 aliphatic rings. The first-order valence-corrected chi connectivity index (χ1v) is 7.92. The van der Waals surface area contributed by atoms with E-state index in [0.717, 1.165) is 18.0 Å². The normalized spacial score (nSPS) is 14.5. The lowest BCUT2D eigenvalue weighted by Crippen LogP contribution is -2.25. The molecular formula is C17H27NO2. The summed E-state index contributed by atoms with van der Waals surface area (Å²) in [5, 5.41) is 3.58. The predicted molar refractivity (Wildman–Crippen MR) is 82.2 cm³/mol. The zero-order chi connectivity index (χ0) is 14.2. The summed E-state index contributed by atoms with van der Waals surface area (Å²) in [6.45, 7) is 5.72. The number of unbranched alkanes of at least 4 members (excludes halogenated alkanes) is 4. The molecule has 0 amide bonds. The van der Waals surface area contributed by atoms with Gasteiger partial charge in [-0.25, -0.2) is 0 Å². The van der Waals surface area contributed by atoms with E-state index in [4.69, 9.17) is 9.47 Å². The zero-order valence-electron chi connectivity index (χ0n) is 12.8. The van der Waals surface area contributed by atoms with E-state index in [-0.39, 0.29) is 0 Å². The fraction of sp³-hybridized carbons (Fsp3) is 0.647. The first-order valence-electron chi connectivity index (χ1n) is 7.92. The van der Waals surface area contributed by atoms with Gasteiger partial charge in [-0.1, -0.05) is 51.2 Å². The molecule has 1 aliphatic heterocycles. The van der Waals surface area contributed by atoms with E-state index in [1.807, 2.05) is 12.1 Å². The highest BCUT2D eigenvalue weighted by Gasteiger charge is 2.17. The summed E-state index contributed by atoms with van der Waals surface area (Å²) in [5.74, 6) is 1.78. The lowest BCUT2D eigenvalue weighted by molar-refractivity contribution is 0.173. The molecular weight excluding hydrogens is 250 g/mol. The van der Waals surface area contributed by atoms with E-state index in [0.29, 0.717) is 12.8 Å². The minimum Gasteiger partial charge on any atom is -0.454 e. The molecule has 3 heteroatoms. The molecule has 1 heterocycles. The molecule has 1 atom stereocenters. The van der Waals surface area contributed by atoms with Crippen molar-refractivity contribution < 1.29 is 9.47 Å². The molecule has 0 fully saturated rings. The fourth-order valence-electron chi connectivity index (χ4n) is 2.57. The highest BCUT2D eigenvalue weighted by atomic mass is 16.7. The number of para-hydroxylation sites is 1. The van der Waals surface area contributed by atoms with Crippen molar-refractivity contribution in [3.05, 3.63) is 23.8 Å². The topological polar surface area (TPSA) is 30.5 Å². The monoisotopic (exact) mass is 277 g/mol. The zero-order valence-corrected chi connectivity index (χ0v) is 12.8. The van der Waals surface area contributed by atoms with Gasteiger partial charge >= 0.3 is 0 Å². The van der Waals surface area contributed by atoms with Crippen LogP contribution in [0.4, 0.5) is 0 Å². The number of nitrogens with one attached hydrogen (secondary N) is 1. The lowest BCUT2D eigenvalue weighted by atomic mass is 10.1. The van der Waals surface area contributed by atoms with E-state index in [9.17, 15) is 0 Å². The molecule has 0 spiro atoms. The van der Waals surface area contributed by atoms with Gasteiger partial charge in [0.05, 0.1) is 0 Å². The summed E-state index contributed by atoms with van der Waals surface area (Å²) in [6, 6.07) is 6.65. The van der Waals surface area contributed by atoms with Crippen molar-refractivity contribution in [2.45, 2.75) is 65.0 Å². The van der Waals surface area contributed by atoms with Gasteiger partial charge in [-0.3, -0.25) is 0 Å². The van der Waals surface area contributed by atoms with Crippen molar-refractivity contribution in [2.24, 2.45) is 0 Å². The standard InChI is InChI=1S/C17H27NO2/c1-3-4-5-6-7-9-14(2)18-12-15-10-8-11-16-17(15)20-13-19-16/h8,10-11,14,18H,3-7,9,12-13H2,1-2H3. The Morgan fingerprint density at radius 3 is 2.85 bits per heavy atom. The number of hydrogen-bond acceptors (Lipinski definition) is 3. The minimum atomic E-state index is 0.347. The molecule has 1 aromatic carbocycles. The van der Waals surface area contributed by atoms with E-state index >= 15 is 0 Å². The average molecular weight is 277 g/mol.